The number of benzene rings is 2. The maximum Gasteiger partial charge on any atom is 0.423 e. The summed E-state index contributed by atoms with van der Waals surface area (Å²) in [7, 11) is 0. The quantitative estimate of drug-likeness (QED) is 0.191. The molecule has 1 saturated heterocycles. The van der Waals surface area contributed by atoms with E-state index in [0.29, 0.717) is 57.7 Å². The third kappa shape index (κ3) is 7.62. The van der Waals surface area contributed by atoms with Crippen LogP contribution in [0.1, 0.15) is 31.2 Å². The molecule has 0 unspecified atom stereocenters. The molecule has 2 aromatic carbocycles. The molecule has 43 heavy (non-hydrogen) atoms. The van der Waals surface area contributed by atoms with Gasteiger partial charge >= 0.3 is 12.3 Å². The second-order valence-electron chi connectivity index (χ2n) is 10.4. The zero-order valence-corrected chi connectivity index (χ0v) is 22.9. The highest BCUT2D eigenvalue weighted by Crippen LogP contribution is 2.38. The van der Waals surface area contributed by atoms with Crippen LogP contribution in [0.15, 0.2) is 60.8 Å². The van der Waals surface area contributed by atoms with E-state index in [4.69, 9.17) is 9.47 Å². The number of alkyl halides is 3. The zero-order valence-electron chi connectivity index (χ0n) is 22.9. The van der Waals surface area contributed by atoms with E-state index in [0.717, 1.165) is 17.8 Å². The largest absolute Gasteiger partial charge is 0.474 e. The summed E-state index contributed by atoms with van der Waals surface area (Å²) < 4.78 is 64.5. The Morgan fingerprint density at radius 3 is 2.33 bits per heavy atom. The first kappa shape index (κ1) is 29.9. The van der Waals surface area contributed by atoms with Crippen molar-refractivity contribution in [3.8, 4) is 11.6 Å². The summed E-state index contributed by atoms with van der Waals surface area (Å²) in [5, 5.41) is 14.1. The minimum atomic E-state index is -4.84. The van der Waals surface area contributed by atoms with Crippen molar-refractivity contribution in [1.82, 2.24) is 9.88 Å². The second-order valence-corrected chi connectivity index (χ2v) is 10.4. The van der Waals surface area contributed by atoms with Gasteiger partial charge in [-0.05, 0) is 68.1 Å². The Hall–Kier alpha value is -4.62. The van der Waals surface area contributed by atoms with Crippen molar-refractivity contribution in [3.05, 3.63) is 82.3 Å². The first-order valence-corrected chi connectivity index (χ1v) is 13.8. The van der Waals surface area contributed by atoms with Crippen LogP contribution in [-0.2, 0) is 6.18 Å². The van der Waals surface area contributed by atoms with Crippen LogP contribution in [0, 0.1) is 15.9 Å². The summed E-state index contributed by atoms with van der Waals surface area (Å²) in [6, 6.07) is 11.8. The number of rotatable bonds is 7. The van der Waals surface area contributed by atoms with Gasteiger partial charge in [-0.2, -0.15) is 13.2 Å². The lowest BCUT2D eigenvalue weighted by Crippen LogP contribution is -2.49. The molecule has 228 valence electrons. The van der Waals surface area contributed by atoms with Gasteiger partial charge in [0.1, 0.15) is 23.2 Å². The molecule has 1 N–H and O–H groups in total. The number of halogens is 4. The van der Waals surface area contributed by atoms with E-state index in [1.165, 1.54) is 30.3 Å². The fraction of sp³-hybridized carbons (Fsp3) is 0.379. The molecule has 0 spiro atoms. The fourth-order valence-corrected chi connectivity index (χ4v) is 5.22. The molecule has 0 atom stereocenters. The number of nitro groups is 1. The number of ether oxygens (including phenoxy) is 2. The first-order chi connectivity index (χ1) is 20.5. The van der Waals surface area contributed by atoms with Gasteiger partial charge in [-0.15, -0.1) is 0 Å². The number of carbonyl (C=O) groups is 1. The number of amides is 1. The molecule has 10 nitrogen and oxygen atoms in total. The van der Waals surface area contributed by atoms with E-state index >= 15 is 0 Å². The lowest BCUT2D eigenvalue weighted by atomic mass is 9.92. The molecule has 2 heterocycles. The maximum absolute atomic E-state index is 13.3. The highest BCUT2D eigenvalue weighted by atomic mass is 19.4. The smallest absolute Gasteiger partial charge is 0.423 e. The second kappa shape index (κ2) is 12.7. The highest BCUT2D eigenvalue weighted by molar-refractivity contribution is 5.71. The molecule has 0 radical (unpaired) electrons. The van der Waals surface area contributed by atoms with Gasteiger partial charge < -0.3 is 24.6 Å². The Morgan fingerprint density at radius 2 is 1.67 bits per heavy atom. The predicted octanol–water partition coefficient (Wildman–Crippen LogP) is 6.27. The number of hydrogen-bond acceptors (Lipinski definition) is 8. The molecule has 1 aromatic heterocycles. The normalized spacial score (nSPS) is 19.1. The molecule has 1 saturated carbocycles. The van der Waals surface area contributed by atoms with Gasteiger partial charge in [-0.1, -0.05) is 0 Å². The zero-order chi connectivity index (χ0) is 30.6. The summed E-state index contributed by atoms with van der Waals surface area (Å²) in [6.45, 7) is 2.01. The first-order valence-electron chi connectivity index (χ1n) is 13.8. The fourth-order valence-electron chi connectivity index (χ4n) is 5.22. The Labute approximate surface area is 244 Å². The summed E-state index contributed by atoms with van der Waals surface area (Å²) in [4.78, 5) is 30.5. The Balaban J connectivity index is 1.10. The van der Waals surface area contributed by atoms with Crippen molar-refractivity contribution in [2.75, 3.05) is 36.4 Å². The number of nitrogens with one attached hydrogen (secondary N) is 1. The number of aromatic nitrogens is 1. The monoisotopic (exact) mass is 603 g/mol. The van der Waals surface area contributed by atoms with Crippen LogP contribution in [0.4, 0.5) is 39.4 Å². The van der Waals surface area contributed by atoms with Gasteiger partial charge in [0.2, 0.25) is 5.88 Å². The number of nitrogens with zero attached hydrogens (tertiary/aromatic N) is 4. The number of carbonyl (C=O) groups excluding carboxylic acids is 1. The topological polar surface area (TPSA) is 110 Å². The Kier molecular flexibility index (Phi) is 8.83. The number of anilines is 2. The van der Waals surface area contributed by atoms with Crippen molar-refractivity contribution in [2.45, 2.75) is 44.0 Å². The molecule has 2 aliphatic rings. The van der Waals surface area contributed by atoms with Crippen LogP contribution in [-0.4, -0.2) is 59.2 Å². The van der Waals surface area contributed by atoms with Gasteiger partial charge in [0.25, 0.3) is 5.69 Å². The number of hydrogen-bond donors (Lipinski definition) is 1. The lowest BCUT2D eigenvalue weighted by molar-refractivity contribution is -0.388. The van der Waals surface area contributed by atoms with E-state index in [2.05, 4.69) is 15.2 Å². The van der Waals surface area contributed by atoms with Crippen molar-refractivity contribution in [2.24, 2.45) is 0 Å². The lowest BCUT2D eigenvalue weighted by Gasteiger charge is -2.35. The van der Waals surface area contributed by atoms with Crippen molar-refractivity contribution < 1.29 is 36.8 Å². The molecular formula is C29H29F4N5O5. The summed E-state index contributed by atoms with van der Waals surface area (Å²) in [5.74, 6) is 0.318. The van der Waals surface area contributed by atoms with Gasteiger partial charge in [0.05, 0.1) is 4.92 Å². The van der Waals surface area contributed by atoms with Crippen molar-refractivity contribution >= 4 is 23.2 Å². The number of piperazine rings is 1. The molecule has 14 heteroatoms. The molecule has 1 amide bonds. The highest BCUT2D eigenvalue weighted by Gasteiger charge is 2.38. The van der Waals surface area contributed by atoms with Gasteiger partial charge in [0, 0.05) is 61.9 Å². The summed E-state index contributed by atoms with van der Waals surface area (Å²) in [5.41, 5.74) is -1.18. The minimum absolute atomic E-state index is 0.104. The predicted molar refractivity (Wildman–Crippen MR) is 149 cm³/mol. The maximum atomic E-state index is 13.3. The van der Waals surface area contributed by atoms with E-state index < -0.39 is 34.3 Å². The SMILES string of the molecule is O=C(Oc1ccc(F)cc1)N1CCN(c2ccnc(OC3CCC(Nc4ccc([N+](=O)[O-])c(C(F)(F)F)c4)CC3)c2)CC1. The van der Waals surface area contributed by atoms with Crippen LogP contribution in [0.2, 0.25) is 0 Å². The summed E-state index contributed by atoms with van der Waals surface area (Å²) >= 11 is 0. The molecule has 0 bridgehead atoms. The standard InChI is InChI=1S/C29H29F4N5O5/c30-19-1-6-24(7-2-19)43-28(39)37-15-13-36(14-16-37)22-11-12-34-27(18-22)42-23-8-3-20(4-9-23)35-21-5-10-26(38(40)41)25(17-21)29(31,32)33/h1-2,5-7,10-12,17-18,20,23,35H,3-4,8-9,13-16H2. The minimum Gasteiger partial charge on any atom is -0.474 e. The molecule has 3 aromatic rings. The average molecular weight is 604 g/mol. The number of nitro benzene ring substituents is 1. The van der Waals surface area contributed by atoms with Crippen molar-refractivity contribution in [3.63, 3.8) is 0 Å². The van der Waals surface area contributed by atoms with E-state index in [9.17, 15) is 32.5 Å². The average Bonchev–Trinajstić information content (AvgIpc) is 2.99. The summed E-state index contributed by atoms with van der Waals surface area (Å²) in [6.07, 6.45) is -1.23. The van der Waals surface area contributed by atoms with Crippen LogP contribution < -0.4 is 19.7 Å². The molecular weight excluding hydrogens is 574 g/mol. The number of pyridine rings is 1. The van der Waals surface area contributed by atoms with E-state index in [1.807, 2.05) is 12.1 Å². The van der Waals surface area contributed by atoms with E-state index in [1.54, 1.807) is 11.1 Å². The Morgan fingerprint density at radius 1 is 0.977 bits per heavy atom. The van der Waals surface area contributed by atoms with E-state index in [-0.39, 0.29) is 23.6 Å². The van der Waals surface area contributed by atoms with Gasteiger partial charge in [-0.3, -0.25) is 10.1 Å². The van der Waals surface area contributed by atoms with Crippen molar-refractivity contribution in [1.29, 1.82) is 0 Å². The Bertz CT molecular complexity index is 1440. The van der Waals surface area contributed by atoms with Gasteiger partial charge in [-0.25, -0.2) is 14.2 Å². The van der Waals surface area contributed by atoms with Crippen LogP contribution in [0.3, 0.4) is 0 Å². The van der Waals surface area contributed by atoms with Crippen LogP contribution in [0.5, 0.6) is 11.6 Å². The molecule has 1 aliphatic carbocycles. The van der Waals surface area contributed by atoms with Gasteiger partial charge in [0.15, 0.2) is 0 Å². The third-order valence-corrected chi connectivity index (χ3v) is 7.47. The molecule has 2 fully saturated rings. The third-order valence-electron chi connectivity index (χ3n) is 7.47. The molecule has 5 rings (SSSR count). The van der Waals surface area contributed by atoms with Crippen LogP contribution in [0.25, 0.3) is 0 Å². The molecule has 1 aliphatic heterocycles. The van der Waals surface area contributed by atoms with Crippen LogP contribution >= 0.6 is 0 Å².